The molecule has 124 valence electrons. The summed E-state index contributed by atoms with van der Waals surface area (Å²) < 4.78 is 28.7. The van der Waals surface area contributed by atoms with Crippen LogP contribution in [-0.4, -0.2) is 26.7 Å². The summed E-state index contributed by atoms with van der Waals surface area (Å²) in [5, 5.41) is 4.24. The van der Waals surface area contributed by atoms with Gasteiger partial charge in [0.05, 0.1) is 5.39 Å². The first-order valence-electron chi connectivity index (χ1n) is 8.14. The average Bonchev–Trinajstić information content (AvgIpc) is 3.15. The van der Waals surface area contributed by atoms with Gasteiger partial charge in [-0.2, -0.15) is 0 Å². The number of halogens is 2. The maximum atomic E-state index is 13.4. The van der Waals surface area contributed by atoms with E-state index in [1.54, 1.807) is 6.07 Å². The lowest BCUT2D eigenvalue weighted by molar-refractivity contribution is 0.341. The van der Waals surface area contributed by atoms with Crippen molar-refractivity contribution in [3.63, 3.8) is 0 Å². The summed E-state index contributed by atoms with van der Waals surface area (Å²) in [5.41, 5.74) is 1.66. The molecule has 0 saturated heterocycles. The van der Waals surface area contributed by atoms with E-state index in [9.17, 15) is 8.78 Å². The van der Waals surface area contributed by atoms with Gasteiger partial charge in [-0.3, -0.25) is 0 Å². The predicted molar refractivity (Wildman–Crippen MR) is 89.2 cm³/mol. The highest BCUT2D eigenvalue weighted by Gasteiger charge is 2.25. The molecule has 1 fully saturated rings. The fourth-order valence-electron chi connectivity index (χ4n) is 3.33. The minimum absolute atomic E-state index is 0.115. The molecule has 4 rings (SSSR count). The van der Waals surface area contributed by atoms with Crippen LogP contribution in [0.5, 0.6) is 0 Å². The molecule has 1 saturated carbocycles. The Morgan fingerprint density at radius 3 is 2.92 bits per heavy atom. The fraction of sp³-hybridized carbons (Fsp3) is 0.333. The molecule has 1 aliphatic rings. The molecule has 2 heterocycles. The predicted octanol–water partition coefficient (Wildman–Crippen LogP) is 3.92. The van der Waals surface area contributed by atoms with Crippen LogP contribution in [0.3, 0.4) is 0 Å². The second kappa shape index (κ2) is 6.19. The molecule has 6 heteroatoms. The molecule has 1 N–H and O–H groups in total. The lowest BCUT2D eigenvalue weighted by atomic mass is 10.2. The van der Waals surface area contributed by atoms with Crippen LogP contribution in [-0.2, 0) is 6.54 Å². The Balaban J connectivity index is 1.61. The number of fused-ring (bicyclic) bond motifs is 1. The maximum absolute atomic E-state index is 13.4. The van der Waals surface area contributed by atoms with Crippen LogP contribution < -0.4 is 5.32 Å². The SMILES string of the molecule is Fc1cccc(Cn2ccc3c(NC4CCC(F)C4)ncnc32)c1. The third-order valence-electron chi connectivity index (χ3n) is 4.51. The molecule has 2 aromatic heterocycles. The zero-order valence-electron chi connectivity index (χ0n) is 13.1. The summed E-state index contributed by atoms with van der Waals surface area (Å²) >= 11 is 0. The fourth-order valence-corrected chi connectivity index (χ4v) is 3.33. The number of alkyl halides is 1. The lowest BCUT2D eigenvalue weighted by Crippen LogP contribution is -2.17. The number of nitrogens with one attached hydrogen (secondary N) is 1. The molecule has 0 aliphatic heterocycles. The van der Waals surface area contributed by atoms with Crippen LogP contribution in [0.15, 0.2) is 42.9 Å². The summed E-state index contributed by atoms with van der Waals surface area (Å²) in [5.74, 6) is 0.486. The Hall–Kier alpha value is -2.50. The van der Waals surface area contributed by atoms with Crippen LogP contribution >= 0.6 is 0 Å². The highest BCUT2D eigenvalue weighted by Crippen LogP contribution is 2.28. The largest absolute Gasteiger partial charge is 0.367 e. The van der Waals surface area contributed by atoms with Gasteiger partial charge in [0.2, 0.25) is 0 Å². The standard InChI is InChI=1S/C18H18F2N4/c19-13-3-1-2-12(8-13)10-24-7-6-16-17(21-11-22-18(16)24)23-15-5-4-14(20)9-15/h1-3,6-8,11,14-15H,4-5,9-10H2,(H,21,22,23). The van der Waals surface area contributed by atoms with Gasteiger partial charge >= 0.3 is 0 Å². The molecular weight excluding hydrogens is 310 g/mol. The molecule has 3 aromatic rings. The Morgan fingerprint density at radius 1 is 1.21 bits per heavy atom. The van der Waals surface area contributed by atoms with Crippen LogP contribution in [0.2, 0.25) is 0 Å². The quantitative estimate of drug-likeness (QED) is 0.789. The van der Waals surface area contributed by atoms with Crippen LogP contribution in [0.1, 0.15) is 24.8 Å². The van der Waals surface area contributed by atoms with E-state index >= 15 is 0 Å². The molecule has 2 unspecified atom stereocenters. The number of anilines is 1. The molecule has 2 atom stereocenters. The maximum Gasteiger partial charge on any atom is 0.145 e. The molecule has 1 aromatic carbocycles. The van der Waals surface area contributed by atoms with E-state index < -0.39 is 6.17 Å². The van der Waals surface area contributed by atoms with E-state index in [1.807, 2.05) is 22.9 Å². The Labute approximate surface area is 138 Å². The minimum Gasteiger partial charge on any atom is -0.367 e. The van der Waals surface area contributed by atoms with Crippen molar-refractivity contribution in [3.8, 4) is 0 Å². The molecule has 0 amide bonds. The monoisotopic (exact) mass is 328 g/mol. The molecule has 1 aliphatic carbocycles. The van der Waals surface area contributed by atoms with E-state index in [1.165, 1.54) is 18.5 Å². The van der Waals surface area contributed by atoms with Crippen molar-refractivity contribution >= 4 is 16.9 Å². The molecule has 0 bridgehead atoms. The third-order valence-corrected chi connectivity index (χ3v) is 4.51. The van der Waals surface area contributed by atoms with Crippen LogP contribution in [0.4, 0.5) is 14.6 Å². The van der Waals surface area contributed by atoms with Gasteiger partial charge in [-0.05, 0) is 43.0 Å². The van der Waals surface area contributed by atoms with Gasteiger partial charge < -0.3 is 9.88 Å². The number of hydrogen-bond acceptors (Lipinski definition) is 3. The molecule has 0 spiro atoms. The van der Waals surface area contributed by atoms with Gasteiger partial charge in [0, 0.05) is 18.8 Å². The first kappa shape index (κ1) is 15.1. The lowest BCUT2D eigenvalue weighted by Gasteiger charge is -2.13. The van der Waals surface area contributed by atoms with Crippen molar-refractivity contribution < 1.29 is 8.78 Å². The Morgan fingerprint density at radius 2 is 2.12 bits per heavy atom. The number of rotatable bonds is 4. The zero-order chi connectivity index (χ0) is 16.5. The first-order chi connectivity index (χ1) is 11.7. The van der Waals surface area contributed by atoms with Crippen molar-refractivity contribution in [2.75, 3.05) is 5.32 Å². The van der Waals surface area contributed by atoms with Crippen molar-refractivity contribution in [2.24, 2.45) is 0 Å². The first-order valence-corrected chi connectivity index (χ1v) is 8.14. The van der Waals surface area contributed by atoms with E-state index in [-0.39, 0.29) is 11.9 Å². The van der Waals surface area contributed by atoms with Gasteiger partial charge in [-0.15, -0.1) is 0 Å². The zero-order valence-corrected chi connectivity index (χ0v) is 13.1. The summed E-state index contributed by atoms with van der Waals surface area (Å²) in [6.45, 7) is 0.535. The topological polar surface area (TPSA) is 42.7 Å². The second-order valence-corrected chi connectivity index (χ2v) is 6.28. The highest BCUT2D eigenvalue weighted by molar-refractivity contribution is 5.87. The normalized spacial score (nSPS) is 20.6. The number of nitrogens with zero attached hydrogens (tertiary/aromatic N) is 3. The van der Waals surface area contributed by atoms with Gasteiger partial charge in [0.15, 0.2) is 0 Å². The van der Waals surface area contributed by atoms with E-state index in [0.29, 0.717) is 19.4 Å². The van der Waals surface area contributed by atoms with Crippen molar-refractivity contribution in [2.45, 2.75) is 38.0 Å². The smallest absolute Gasteiger partial charge is 0.145 e. The number of benzene rings is 1. The van der Waals surface area contributed by atoms with Crippen molar-refractivity contribution in [1.82, 2.24) is 14.5 Å². The molecule has 24 heavy (non-hydrogen) atoms. The van der Waals surface area contributed by atoms with Gasteiger partial charge in [-0.1, -0.05) is 12.1 Å². The minimum atomic E-state index is -0.725. The summed E-state index contributed by atoms with van der Waals surface area (Å²) in [6.07, 6.45) is 4.65. The average molecular weight is 328 g/mol. The van der Waals surface area contributed by atoms with Crippen LogP contribution in [0.25, 0.3) is 11.0 Å². The highest BCUT2D eigenvalue weighted by atomic mass is 19.1. The van der Waals surface area contributed by atoms with E-state index in [0.717, 1.165) is 28.8 Å². The Kier molecular flexibility index (Phi) is 3.88. The van der Waals surface area contributed by atoms with Gasteiger partial charge in [0.25, 0.3) is 0 Å². The van der Waals surface area contributed by atoms with Crippen molar-refractivity contribution in [3.05, 3.63) is 54.2 Å². The molecule has 4 nitrogen and oxygen atoms in total. The molecular formula is C18H18F2N4. The third kappa shape index (κ3) is 2.96. The number of aromatic nitrogens is 3. The van der Waals surface area contributed by atoms with Crippen LogP contribution in [0, 0.1) is 5.82 Å². The summed E-state index contributed by atoms with van der Waals surface area (Å²) in [6, 6.07) is 8.59. The molecule has 0 radical (unpaired) electrons. The Bertz CT molecular complexity index is 861. The van der Waals surface area contributed by atoms with E-state index in [2.05, 4.69) is 15.3 Å². The van der Waals surface area contributed by atoms with Gasteiger partial charge in [-0.25, -0.2) is 18.7 Å². The van der Waals surface area contributed by atoms with E-state index in [4.69, 9.17) is 0 Å². The summed E-state index contributed by atoms with van der Waals surface area (Å²) in [4.78, 5) is 8.67. The number of hydrogen-bond donors (Lipinski definition) is 1. The van der Waals surface area contributed by atoms with Gasteiger partial charge in [0.1, 0.15) is 29.8 Å². The second-order valence-electron chi connectivity index (χ2n) is 6.28. The summed E-state index contributed by atoms with van der Waals surface area (Å²) in [7, 11) is 0. The van der Waals surface area contributed by atoms with Crippen molar-refractivity contribution in [1.29, 1.82) is 0 Å².